The van der Waals surface area contributed by atoms with Crippen molar-refractivity contribution >= 4 is 15.9 Å². The molecule has 1 saturated carbocycles. The molecule has 0 spiro atoms. The lowest BCUT2D eigenvalue weighted by atomic mass is 10.2. The normalized spacial score (nSPS) is 14.0. The van der Waals surface area contributed by atoms with Crippen molar-refractivity contribution in [3.05, 3.63) is 28.2 Å². The third kappa shape index (κ3) is 3.76. The van der Waals surface area contributed by atoms with E-state index in [-0.39, 0.29) is 0 Å². The highest BCUT2D eigenvalue weighted by Crippen LogP contribution is 2.30. The van der Waals surface area contributed by atoms with Crippen molar-refractivity contribution < 1.29 is 4.74 Å². The van der Waals surface area contributed by atoms with Crippen LogP contribution in [-0.2, 0) is 6.54 Å². The first-order valence-corrected chi connectivity index (χ1v) is 6.63. The predicted molar refractivity (Wildman–Crippen MR) is 72.9 cm³/mol. The Labute approximate surface area is 111 Å². The highest BCUT2D eigenvalue weighted by Gasteiger charge is 2.20. The smallest absolute Gasteiger partial charge is 0.149 e. The van der Waals surface area contributed by atoms with E-state index in [2.05, 4.69) is 39.2 Å². The van der Waals surface area contributed by atoms with E-state index in [1.54, 1.807) is 0 Å². The molecule has 2 nitrogen and oxygen atoms in total. The molecule has 1 N–H and O–H groups in total. The molecule has 1 fully saturated rings. The molecule has 0 unspecified atom stereocenters. The molecule has 1 aliphatic rings. The lowest BCUT2D eigenvalue weighted by Crippen LogP contribution is -2.16. The van der Waals surface area contributed by atoms with Crippen LogP contribution in [0, 0.1) is 11.8 Å². The third-order valence-electron chi connectivity index (χ3n) is 2.67. The minimum absolute atomic E-state index is 0.440. The van der Waals surface area contributed by atoms with Gasteiger partial charge in [0.15, 0.2) is 0 Å². The van der Waals surface area contributed by atoms with Gasteiger partial charge in [-0.05, 0) is 41.8 Å². The van der Waals surface area contributed by atoms with E-state index in [9.17, 15) is 0 Å². The average molecular weight is 294 g/mol. The number of rotatable bonds is 5. The van der Waals surface area contributed by atoms with E-state index < -0.39 is 0 Å². The molecule has 3 heteroatoms. The van der Waals surface area contributed by atoms with Gasteiger partial charge in [0.2, 0.25) is 0 Å². The summed E-state index contributed by atoms with van der Waals surface area (Å²) in [5.41, 5.74) is 1.18. The topological polar surface area (TPSA) is 21.3 Å². The standard InChI is InChI=1S/C14H16BrNO/c1-2-3-9-17-14-11(5-4-6-13(14)15)10-16-12-7-8-12/h4-6,12,16H,7-10H2,1H3. The summed E-state index contributed by atoms with van der Waals surface area (Å²) < 4.78 is 6.69. The number of ether oxygens (including phenoxy) is 1. The summed E-state index contributed by atoms with van der Waals surface area (Å²) in [6.45, 7) is 3.12. The third-order valence-corrected chi connectivity index (χ3v) is 3.30. The Kier molecular flexibility index (Phi) is 4.47. The molecule has 17 heavy (non-hydrogen) atoms. The van der Waals surface area contributed by atoms with Crippen LogP contribution in [0.3, 0.4) is 0 Å². The molecule has 1 aromatic carbocycles. The Balaban J connectivity index is 2.04. The summed E-state index contributed by atoms with van der Waals surface area (Å²) >= 11 is 3.52. The molecule has 0 amide bonds. The van der Waals surface area contributed by atoms with Gasteiger partial charge < -0.3 is 10.1 Å². The van der Waals surface area contributed by atoms with Crippen LogP contribution in [0.5, 0.6) is 5.75 Å². The highest BCUT2D eigenvalue weighted by atomic mass is 79.9. The maximum absolute atomic E-state index is 5.70. The summed E-state index contributed by atoms with van der Waals surface area (Å²) in [5, 5.41) is 3.49. The number of nitrogens with one attached hydrogen (secondary N) is 1. The van der Waals surface area contributed by atoms with Gasteiger partial charge in [0.25, 0.3) is 0 Å². The monoisotopic (exact) mass is 293 g/mol. The summed E-state index contributed by atoms with van der Waals surface area (Å²) in [6.07, 6.45) is 2.59. The summed E-state index contributed by atoms with van der Waals surface area (Å²) in [5.74, 6) is 6.65. The zero-order chi connectivity index (χ0) is 12.1. The van der Waals surface area contributed by atoms with Crippen molar-refractivity contribution in [1.82, 2.24) is 5.32 Å². The van der Waals surface area contributed by atoms with Crippen molar-refractivity contribution in [1.29, 1.82) is 0 Å². The second-order valence-corrected chi connectivity index (χ2v) is 4.95. The van der Waals surface area contributed by atoms with Gasteiger partial charge in [0.05, 0.1) is 4.47 Å². The van der Waals surface area contributed by atoms with Gasteiger partial charge in [-0.25, -0.2) is 0 Å². The quantitative estimate of drug-likeness (QED) is 0.843. The van der Waals surface area contributed by atoms with Gasteiger partial charge in [0, 0.05) is 18.2 Å². The molecule has 90 valence electrons. The van der Waals surface area contributed by atoms with Crippen LogP contribution in [0.25, 0.3) is 0 Å². The molecule has 2 rings (SSSR count). The second-order valence-electron chi connectivity index (χ2n) is 4.10. The summed E-state index contributed by atoms with van der Waals surface area (Å²) in [4.78, 5) is 0. The Hall–Kier alpha value is -0.980. The van der Waals surface area contributed by atoms with E-state index in [1.165, 1.54) is 18.4 Å². The molecule has 0 radical (unpaired) electrons. The van der Waals surface area contributed by atoms with Crippen molar-refractivity contribution in [3.63, 3.8) is 0 Å². The predicted octanol–water partition coefficient (Wildman–Crippen LogP) is 3.10. The van der Waals surface area contributed by atoms with E-state index >= 15 is 0 Å². The highest BCUT2D eigenvalue weighted by molar-refractivity contribution is 9.10. The van der Waals surface area contributed by atoms with Crippen LogP contribution < -0.4 is 10.1 Å². The van der Waals surface area contributed by atoms with Crippen molar-refractivity contribution in [2.75, 3.05) is 6.61 Å². The molecule has 0 aromatic heterocycles. The van der Waals surface area contributed by atoms with E-state index in [1.807, 2.05) is 19.1 Å². The Morgan fingerprint density at radius 3 is 3.00 bits per heavy atom. The molecule has 0 aliphatic heterocycles. The van der Waals surface area contributed by atoms with Crippen molar-refractivity contribution in [2.24, 2.45) is 0 Å². The fraction of sp³-hybridized carbons (Fsp3) is 0.429. The van der Waals surface area contributed by atoms with E-state index in [0.29, 0.717) is 12.6 Å². The van der Waals surface area contributed by atoms with Crippen LogP contribution in [0.15, 0.2) is 22.7 Å². The van der Waals surface area contributed by atoms with Crippen LogP contribution in [0.4, 0.5) is 0 Å². The fourth-order valence-corrected chi connectivity index (χ4v) is 2.10. The Morgan fingerprint density at radius 1 is 1.47 bits per heavy atom. The van der Waals surface area contributed by atoms with Crippen LogP contribution >= 0.6 is 15.9 Å². The van der Waals surface area contributed by atoms with E-state index in [0.717, 1.165) is 16.8 Å². The first-order valence-electron chi connectivity index (χ1n) is 5.84. The maximum Gasteiger partial charge on any atom is 0.149 e. The molecular weight excluding hydrogens is 278 g/mol. The first-order chi connectivity index (χ1) is 8.31. The Bertz CT molecular complexity index is 443. The maximum atomic E-state index is 5.70. The minimum atomic E-state index is 0.440. The van der Waals surface area contributed by atoms with Crippen molar-refractivity contribution in [3.8, 4) is 17.6 Å². The second kappa shape index (κ2) is 6.09. The van der Waals surface area contributed by atoms with Crippen LogP contribution in [0.2, 0.25) is 0 Å². The lowest BCUT2D eigenvalue weighted by Gasteiger charge is -2.12. The molecule has 1 aliphatic carbocycles. The fourth-order valence-electron chi connectivity index (χ4n) is 1.58. The number of para-hydroxylation sites is 1. The van der Waals surface area contributed by atoms with Crippen LogP contribution in [0.1, 0.15) is 25.3 Å². The van der Waals surface area contributed by atoms with Gasteiger partial charge in [-0.15, -0.1) is 5.92 Å². The summed E-state index contributed by atoms with van der Waals surface area (Å²) in [7, 11) is 0. The van der Waals surface area contributed by atoms with Gasteiger partial charge in [-0.2, -0.15) is 0 Å². The Morgan fingerprint density at radius 2 is 2.29 bits per heavy atom. The zero-order valence-corrected chi connectivity index (χ0v) is 11.5. The zero-order valence-electron chi connectivity index (χ0n) is 9.92. The summed E-state index contributed by atoms with van der Waals surface area (Å²) in [6, 6.07) is 6.83. The van der Waals surface area contributed by atoms with Crippen LogP contribution in [-0.4, -0.2) is 12.6 Å². The van der Waals surface area contributed by atoms with Gasteiger partial charge in [-0.1, -0.05) is 18.1 Å². The average Bonchev–Trinajstić information content (AvgIpc) is 3.13. The minimum Gasteiger partial charge on any atom is -0.479 e. The molecule has 0 atom stereocenters. The number of hydrogen-bond acceptors (Lipinski definition) is 2. The number of hydrogen-bond donors (Lipinski definition) is 1. The molecule has 0 bridgehead atoms. The van der Waals surface area contributed by atoms with Gasteiger partial charge >= 0.3 is 0 Å². The lowest BCUT2D eigenvalue weighted by molar-refractivity contribution is 0.362. The number of halogens is 1. The molecule has 0 heterocycles. The molecule has 0 saturated heterocycles. The first kappa shape index (κ1) is 12.5. The van der Waals surface area contributed by atoms with Gasteiger partial charge in [0.1, 0.15) is 12.4 Å². The molecular formula is C14H16BrNO. The van der Waals surface area contributed by atoms with Gasteiger partial charge in [-0.3, -0.25) is 0 Å². The molecule has 1 aromatic rings. The largest absolute Gasteiger partial charge is 0.479 e. The van der Waals surface area contributed by atoms with Crippen molar-refractivity contribution in [2.45, 2.75) is 32.4 Å². The van der Waals surface area contributed by atoms with E-state index in [4.69, 9.17) is 4.74 Å². The SMILES string of the molecule is CC#CCOc1c(Br)cccc1CNC1CC1. The number of benzene rings is 1.